The SMILES string of the molecule is Cc1cn2cc(NC(=O)c3ccccc3Cc3ccccc3)ccc2n1. The lowest BCUT2D eigenvalue weighted by molar-refractivity contribution is 0.102. The number of carbonyl (C=O) groups excluding carboxylic acids is 1. The third-order valence-corrected chi connectivity index (χ3v) is 4.33. The zero-order chi connectivity index (χ0) is 17.9. The van der Waals surface area contributed by atoms with E-state index in [-0.39, 0.29) is 5.91 Å². The van der Waals surface area contributed by atoms with Gasteiger partial charge in [0.25, 0.3) is 5.91 Å². The number of aryl methyl sites for hydroxylation is 1. The number of nitrogens with zero attached hydrogens (tertiary/aromatic N) is 2. The van der Waals surface area contributed by atoms with E-state index in [9.17, 15) is 4.79 Å². The van der Waals surface area contributed by atoms with Gasteiger partial charge in [-0.05, 0) is 42.7 Å². The van der Waals surface area contributed by atoms with E-state index in [0.717, 1.165) is 29.0 Å². The molecule has 2 aromatic heterocycles. The van der Waals surface area contributed by atoms with Gasteiger partial charge in [-0.2, -0.15) is 0 Å². The van der Waals surface area contributed by atoms with Crippen LogP contribution < -0.4 is 5.32 Å². The molecule has 0 bridgehead atoms. The van der Waals surface area contributed by atoms with Crippen LogP contribution in [0.3, 0.4) is 0 Å². The van der Waals surface area contributed by atoms with Crippen molar-refractivity contribution in [2.45, 2.75) is 13.3 Å². The minimum Gasteiger partial charge on any atom is -0.321 e. The summed E-state index contributed by atoms with van der Waals surface area (Å²) in [4.78, 5) is 17.2. The summed E-state index contributed by atoms with van der Waals surface area (Å²) >= 11 is 0. The Morgan fingerprint density at radius 1 is 0.962 bits per heavy atom. The summed E-state index contributed by atoms with van der Waals surface area (Å²) in [6, 6.07) is 21.7. The molecule has 0 saturated carbocycles. The standard InChI is InChI=1S/C22H19N3O/c1-16-14-25-15-19(11-12-21(25)23-16)24-22(26)20-10-6-5-9-18(20)13-17-7-3-2-4-8-17/h2-12,14-15H,13H2,1H3,(H,24,26). The number of fused-ring (bicyclic) bond motifs is 1. The predicted octanol–water partition coefficient (Wildman–Crippen LogP) is 4.49. The zero-order valence-electron chi connectivity index (χ0n) is 14.5. The normalized spacial score (nSPS) is 10.8. The molecular weight excluding hydrogens is 322 g/mol. The number of hydrogen-bond donors (Lipinski definition) is 1. The lowest BCUT2D eigenvalue weighted by atomic mass is 9.99. The van der Waals surface area contributed by atoms with Crippen molar-refractivity contribution in [1.82, 2.24) is 9.38 Å². The molecule has 0 spiro atoms. The molecule has 128 valence electrons. The molecule has 0 aliphatic carbocycles. The molecule has 0 atom stereocenters. The van der Waals surface area contributed by atoms with E-state index < -0.39 is 0 Å². The second-order valence-electron chi connectivity index (χ2n) is 6.34. The van der Waals surface area contributed by atoms with E-state index in [4.69, 9.17) is 0 Å². The summed E-state index contributed by atoms with van der Waals surface area (Å²) in [5.41, 5.74) is 5.44. The van der Waals surface area contributed by atoms with Crippen molar-refractivity contribution < 1.29 is 4.79 Å². The highest BCUT2D eigenvalue weighted by molar-refractivity contribution is 6.05. The Morgan fingerprint density at radius 3 is 2.58 bits per heavy atom. The number of amides is 1. The van der Waals surface area contributed by atoms with Crippen LogP contribution in [-0.4, -0.2) is 15.3 Å². The molecule has 2 heterocycles. The maximum absolute atomic E-state index is 12.8. The number of hydrogen-bond acceptors (Lipinski definition) is 2. The monoisotopic (exact) mass is 341 g/mol. The number of pyridine rings is 1. The third kappa shape index (κ3) is 3.35. The van der Waals surface area contributed by atoms with E-state index in [1.165, 1.54) is 5.56 Å². The van der Waals surface area contributed by atoms with Gasteiger partial charge in [-0.15, -0.1) is 0 Å². The van der Waals surface area contributed by atoms with Crippen molar-refractivity contribution in [2.24, 2.45) is 0 Å². The van der Waals surface area contributed by atoms with E-state index in [2.05, 4.69) is 22.4 Å². The Hall–Kier alpha value is -3.40. The first kappa shape index (κ1) is 16.1. The topological polar surface area (TPSA) is 46.4 Å². The van der Waals surface area contributed by atoms with Crippen molar-refractivity contribution in [3.63, 3.8) is 0 Å². The van der Waals surface area contributed by atoms with Crippen LogP contribution in [0.2, 0.25) is 0 Å². The van der Waals surface area contributed by atoms with E-state index >= 15 is 0 Å². The summed E-state index contributed by atoms with van der Waals surface area (Å²) < 4.78 is 1.92. The minimum atomic E-state index is -0.104. The van der Waals surface area contributed by atoms with Crippen LogP contribution in [0.25, 0.3) is 5.65 Å². The molecular formula is C22H19N3O. The van der Waals surface area contributed by atoms with Crippen LogP contribution in [0.5, 0.6) is 0 Å². The highest BCUT2D eigenvalue weighted by Crippen LogP contribution is 2.17. The predicted molar refractivity (Wildman–Crippen MR) is 104 cm³/mol. The first-order valence-electron chi connectivity index (χ1n) is 8.57. The Labute approximate surface area is 152 Å². The molecule has 26 heavy (non-hydrogen) atoms. The number of benzene rings is 2. The molecule has 0 fully saturated rings. The zero-order valence-corrected chi connectivity index (χ0v) is 14.5. The molecule has 0 unspecified atom stereocenters. The van der Waals surface area contributed by atoms with Crippen molar-refractivity contribution in [3.05, 3.63) is 102 Å². The minimum absolute atomic E-state index is 0.104. The average Bonchev–Trinajstić information content (AvgIpc) is 3.02. The van der Waals surface area contributed by atoms with Crippen LogP contribution in [-0.2, 0) is 6.42 Å². The second-order valence-corrected chi connectivity index (χ2v) is 6.34. The molecule has 4 nitrogen and oxygen atoms in total. The fourth-order valence-corrected chi connectivity index (χ4v) is 3.10. The van der Waals surface area contributed by atoms with E-state index in [0.29, 0.717) is 5.56 Å². The van der Waals surface area contributed by atoms with Crippen LogP contribution in [0.15, 0.2) is 79.1 Å². The highest BCUT2D eigenvalue weighted by atomic mass is 16.1. The first-order chi connectivity index (χ1) is 12.7. The fourth-order valence-electron chi connectivity index (χ4n) is 3.10. The molecule has 0 aliphatic heterocycles. The summed E-state index contributed by atoms with van der Waals surface area (Å²) in [5, 5.41) is 3.00. The lowest BCUT2D eigenvalue weighted by Crippen LogP contribution is -2.14. The molecule has 0 saturated heterocycles. The van der Waals surface area contributed by atoms with E-state index in [1.807, 2.05) is 78.3 Å². The Bertz CT molecular complexity index is 1070. The first-order valence-corrected chi connectivity index (χ1v) is 8.57. The molecule has 4 aromatic rings. The second kappa shape index (κ2) is 6.84. The van der Waals surface area contributed by atoms with Crippen LogP contribution in [0.1, 0.15) is 27.2 Å². The van der Waals surface area contributed by atoms with E-state index in [1.54, 1.807) is 0 Å². The number of aromatic nitrogens is 2. The van der Waals surface area contributed by atoms with Crippen molar-refractivity contribution in [2.75, 3.05) is 5.32 Å². The van der Waals surface area contributed by atoms with Gasteiger partial charge in [0.1, 0.15) is 5.65 Å². The summed E-state index contributed by atoms with van der Waals surface area (Å²) in [7, 11) is 0. The maximum Gasteiger partial charge on any atom is 0.255 e. The quantitative estimate of drug-likeness (QED) is 0.595. The molecule has 0 radical (unpaired) electrons. The van der Waals surface area contributed by atoms with Gasteiger partial charge in [-0.3, -0.25) is 4.79 Å². The summed E-state index contributed by atoms with van der Waals surface area (Å²) in [5.74, 6) is -0.104. The van der Waals surface area contributed by atoms with Gasteiger partial charge in [0.05, 0.1) is 11.4 Å². The molecule has 4 rings (SSSR count). The largest absolute Gasteiger partial charge is 0.321 e. The number of carbonyl (C=O) groups is 1. The van der Waals surface area contributed by atoms with Gasteiger partial charge in [0.2, 0.25) is 0 Å². The third-order valence-electron chi connectivity index (χ3n) is 4.33. The molecule has 4 heteroatoms. The fraction of sp³-hybridized carbons (Fsp3) is 0.0909. The van der Waals surface area contributed by atoms with Crippen molar-refractivity contribution in [1.29, 1.82) is 0 Å². The van der Waals surface area contributed by atoms with Crippen molar-refractivity contribution in [3.8, 4) is 0 Å². The lowest BCUT2D eigenvalue weighted by Gasteiger charge is -2.11. The Morgan fingerprint density at radius 2 is 1.73 bits per heavy atom. The van der Waals surface area contributed by atoms with Gasteiger partial charge in [-0.25, -0.2) is 4.98 Å². The molecule has 1 N–H and O–H groups in total. The molecule has 1 amide bonds. The van der Waals surface area contributed by atoms with Crippen LogP contribution in [0.4, 0.5) is 5.69 Å². The average molecular weight is 341 g/mol. The van der Waals surface area contributed by atoms with Gasteiger partial charge < -0.3 is 9.72 Å². The van der Waals surface area contributed by atoms with Crippen molar-refractivity contribution >= 4 is 17.2 Å². The number of anilines is 1. The van der Waals surface area contributed by atoms with Gasteiger partial charge in [0.15, 0.2) is 0 Å². The van der Waals surface area contributed by atoms with Gasteiger partial charge in [0, 0.05) is 18.0 Å². The number of rotatable bonds is 4. The Kier molecular flexibility index (Phi) is 4.23. The van der Waals surface area contributed by atoms with Crippen LogP contribution in [0, 0.1) is 6.92 Å². The Balaban J connectivity index is 1.59. The molecule has 0 aliphatic rings. The number of imidazole rings is 1. The van der Waals surface area contributed by atoms with Gasteiger partial charge in [-0.1, -0.05) is 48.5 Å². The summed E-state index contributed by atoms with van der Waals surface area (Å²) in [6.07, 6.45) is 4.55. The van der Waals surface area contributed by atoms with Crippen LogP contribution >= 0.6 is 0 Å². The smallest absolute Gasteiger partial charge is 0.255 e. The number of nitrogens with one attached hydrogen (secondary N) is 1. The molecule has 2 aromatic carbocycles. The highest BCUT2D eigenvalue weighted by Gasteiger charge is 2.12. The van der Waals surface area contributed by atoms with Gasteiger partial charge >= 0.3 is 0 Å². The summed E-state index contributed by atoms with van der Waals surface area (Å²) in [6.45, 7) is 1.95. The maximum atomic E-state index is 12.8.